The van der Waals surface area contributed by atoms with Gasteiger partial charge in [0.2, 0.25) is 5.91 Å². The Hall–Kier alpha value is -2.67. The number of hydrogen-bond acceptors (Lipinski definition) is 6. The van der Waals surface area contributed by atoms with Crippen LogP contribution in [0.1, 0.15) is 34.7 Å². The van der Waals surface area contributed by atoms with E-state index >= 15 is 0 Å². The van der Waals surface area contributed by atoms with Crippen molar-refractivity contribution >= 4 is 22.9 Å². The molecule has 2 heterocycles. The second-order valence-electron chi connectivity index (χ2n) is 8.28. The summed E-state index contributed by atoms with van der Waals surface area (Å²) in [5, 5.41) is 12.0. The maximum Gasteiger partial charge on any atom is 0.286 e. The lowest BCUT2D eigenvalue weighted by Gasteiger charge is -2.24. The highest BCUT2D eigenvalue weighted by Crippen LogP contribution is 2.45. The standard InChI is InChI=1S/C23H25NO5S/c1-12-13(2)20-17(14(3)19(12)25)10-23(4,29-20)11-28-16-7-5-15(6-8-16)9-18-21(26)24-22(27)30-18/h5-8,18,25H,9-11H2,1-4H3,(H,24,26,27). The predicted molar refractivity (Wildman–Crippen MR) is 116 cm³/mol. The van der Waals surface area contributed by atoms with Gasteiger partial charge in [0, 0.05) is 12.0 Å². The van der Waals surface area contributed by atoms with Crippen LogP contribution in [0, 0.1) is 20.8 Å². The number of imide groups is 1. The van der Waals surface area contributed by atoms with E-state index in [-0.39, 0.29) is 16.4 Å². The molecule has 1 saturated heterocycles. The molecule has 0 aromatic heterocycles. The Labute approximate surface area is 180 Å². The highest BCUT2D eigenvalue weighted by Gasteiger charge is 2.39. The van der Waals surface area contributed by atoms with Crippen molar-refractivity contribution in [2.75, 3.05) is 6.61 Å². The van der Waals surface area contributed by atoms with Crippen LogP contribution >= 0.6 is 11.8 Å². The van der Waals surface area contributed by atoms with Crippen molar-refractivity contribution in [1.29, 1.82) is 0 Å². The molecule has 0 saturated carbocycles. The Bertz CT molecular complexity index is 994. The molecule has 2 aliphatic heterocycles. The fraction of sp³-hybridized carbons (Fsp3) is 0.391. The maximum atomic E-state index is 11.7. The number of rotatable bonds is 5. The number of phenols is 1. The van der Waals surface area contributed by atoms with Crippen LogP contribution in [-0.4, -0.2) is 33.7 Å². The van der Waals surface area contributed by atoms with Crippen molar-refractivity contribution in [2.24, 2.45) is 0 Å². The van der Waals surface area contributed by atoms with Crippen LogP contribution in [0.4, 0.5) is 4.79 Å². The Morgan fingerprint density at radius 2 is 1.87 bits per heavy atom. The summed E-state index contributed by atoms with van der Waals surface area (Å²) in [6, 6.07) is 7.56. The molecule has 6 nitrogen and oxygen atoms in total. The van der Waals surface area contributed by atoms with Crippen molar-refractivity contribution in [3.63, 3.8) is 0 Å². The molecule has 2 N–H and O–H groups in total. The fourth-order valence-corrected chi connectivity index (χ4v) is 4.82. The summed E-state index contributed by atoms with van der Waals surface area (Å²) in [5.74, 6) is 1.67. The van der Waals surface area contributed by atoms with Gasteiger partial charge < -0.3 is 14.6 Å². The molecule has 2 aromatic rings. The average Bonchev–Trinajstić information content (AvgIpc) is 3.23. The number of benzene rings is 2. The van der Waals surface area contributed by atoms with E-state index in [4.69, 9.17) is 9.47 Å². The van der Waals surface area contributed by atoms with E-state index in [0.29, 0.717) is 30.9 Å². The number of amides is 2. The van der Waals surface area contributed by atoms with E-state index in [1.54, 1.807) is 0 Å². The van der Waals surface area contributed by atoms with Crippen molar-refractivity contribution in [2.45, 2.75) is 51.4 Å². The second-order valence-corrected chi connectivity index (χ2v) is 9.46. The predicted octanol–water partition coefficient (Wildman–Crippen LogP) is 3.98. The third kappa shape index (κ3) is 3.74. The van der Waals surface area contributed by atoms with Gasteiger partial charge in [-0.1, -0.05) is 23.9 Å². The lowest BCUT2D eigenvalue weighted by atomic mass is 9.93. The number of ether oxygens (including phenoxy) is 2. The topological polar surface area (TPSA) is 84.9 Å². The number of aromatic hydroxyl groups is 1. The molecular weight excluding hydrogens is 402 g/mol. The summed E-state index contributed by atoms with van der Waals surface area (Å²) >= 11 is 1.03. The van der Waals surface area contributed by atoms with Gasteiger partial charge in [-0.25, -0.2) is 0 Å². The van der Waals surface area contributed by atoms with Gasteiger partial charge in [0.1, 0.15) is 29.5 Å². The van der Waals surface area contributed by atoms with E-state index in [9.17, 15) is 14.7 Å². The van der Waals surface area contributed by atoms with Gasteiger partial charge >= 0.3 is 0 Å². The minimum Gasteiger partial charge on any atom is -0.507 e. The van der Waals surface area contributed by atoms with Crippen molar-refractivity contribution in [1.82, 2.24) is 5.32 Å². The SMILES string of the molecule is Cc1c(C)c2c(c(C)c1O)CC(C)(COc1ccc(CC3SC(=O)NC3=O)cc1)O2. The third-order valence-corrected chi connectivity index (χ3v) is 6.88. The lowest BCUT2D eigenvalue weighted by Crippen LogP contribution is -2.37. The molecule has 0 spiro atoms. The molecule has 0 aliphatic carbocycles. The summed E-state index contributed by atoms with van der Waals surface area (Å²) in [5.41, 5.74) is 4.18. The number of carbonyl (C=O) groups excluding carboxylic acids is 2. The van der Waals surface area contributed by atoms with Crippen LogP contribution in [0.2, 0.25) is 0 Å². The van der Waals surface area contributed by atoms with Gasteiger partial charge in [0.05, 0.1) is 5.25 Å². The van der Waals surface area contributed by atoms with Gasteiger partial charge in [-0.05, 0) is 68.5 Å². The van der Waals surface area contributed by atoms with Crippen LogP contribution in [0.5, 0.6) is 17.2 Å². The molecule has 0 bridgehead atoms. The van der Waals surface area contributed by atoms with E-state index in [2.05, 4.69) is 5.32 Å². The van der Waals surface area contributed by atoms with E-state index in [0.717, 1.165) is 45.3 Å². The Balaban J connectivity index is 1.40. The monoisotopic (exact) mass is 427 g/mol. The fourth-order valence-electron chi connectivity index (χ4n) is 3.96. The number of nitrogens with one attached hydrogen (secondary N) is 1. The first kappa shape index (κ1) is 20.6. The molecule has 158 valence electrons. The van der Waals surface area contributed by atoms with Crippen LogP contribution in [0.3, 0.4) is 0 Å². The van der Waals surface area contributed by atoms with Crippen molar-refractivity contribution in [3.05, 3.63) is 52.1 Å². The van der Waals surface area contributed by atoms with Gasteiger partial charge in [0.25, 0.3) is 5.24 Å². The molecule has 0 radical (unpaired) electrons. The quantitative estimate of drug-likeness (QED) is 0.751. The second kappa shape index (κ2) is 7.54. The largest absolute Gasteiger partial charge is 0.507 e. The minimum absolute atomic E-state index is 0.233. The van der Waals surface area contributed by atoms with E-state index in [1.807, 2.05) is 52.0 Å². The molecule has 2 unspecified atom stereocenters. The first-order chi connectivity index (χ1) is 14.2. The van der Waals surface area contributed by atoms with Crippen molar-refractivity contribution in [3.8, 4) is 17.2 Å². The lowest BCUT2D eigenvalue weighted by molar-refractivity contribution is -0.118. The van der Waals surface area contributed by atoms with Gasteiger partial charge in [-0.15, -0.1) is 0 Å². The number of fused-ring (bicyclic) bond motifs is 1. The molecule has 4 rings (SSSR count). The molecule has 2 aliphatic rings. The number of thioether (sulfide) groups is 1. The minimum atomic E-state index is -0.518. The smallest absolute Gasteiger partial charge is 0.286 e. The summed E-state index contributed by atoms with van der Waals surface area (Å²) in [6.45, 7) is 8.17. The zero-order valence-corrected chi connectivity index (χ0v) is 18.3. The van der Waals surface area contributed by atoms with Crippen LogP contribution in [0.25, 0.3) is 0 Å². The molecule has 1 fully saturated rings. The van der Waals surface area contributed by atoms with E-state index < -0.39 is 5.60 Å². The van der Waals surface area contributed by atoms with E-state index in [1.165, 1.54) is 0 Å². The normalized spacial score (nSPS) is 22.6. The molecular formula is C23H25NO5S. The first-order valence-electron chi connectivity index (χ1n) is 9.91. The third-order valence-electron chi connectivity index (χ3n) is 5.90. The van der Waals surface area contributed by atoms with Gasteiger partial charge in [-0.2, -0.15) is 0 Å². The van der Waals surface area contributed by atoms with Gasteiger partial charge in [-0.3, -0.25) is 14.9 Å². The average molecular weight is 428 g/mol. The van der Waals surface area contributed by atoms with Crippen LogP contribution in [-0.2, 0) is 17.6 Å². The summed E-state index contributed by atoms with van der Waals surface area (Å²) in [6.07, 6.45) is 1.17. The first-order valence-corrected chi connectivity index (χ1v) is 10.8. The van der Waals surface area contributed by atoms with Gasteiger partial charge in [0.15, 0.2) is 0 Å². The Kier molecular flexibility index (Phi) is 5.18. The Morgan fingerprint density at radius 1 is 1.17 bits per heavy atom. The molecule has 2 atom stereocenters. The number of carbonyl (C=O) groups is 2. The zero-order chi connectivity index (χ0) is 21.6. The van der Waals surface area contributed by atoms with Crippen LogP contribution in [0.15, 0.2) is 24.3 Å². The van der Waals surface area contributed by atoms with Crippen LogP contribution < -0.4 is 14.8 Å². The molecule has 2 amide bonds. The zero-order valence-electron chi connectivity index (χ0n) is 17.5. The molecule has 7 heteroatoms. The summed E-state index contributed by atoms with van der Waals surface area (Å²) < 4.78 is 12.3. The highest BCUT2D eigenvalue weighted by atomic mass is 32.2. The molecule has 30 heavy (non-hydrogen) atoms. The Morgan fingerprint density at radius 3 is 2.50 bits per heavy atom. The number of hydrogen-bond donors (Lipinski definition) is 2. The summed E-state index contributed by atoms with van der Waals surface area (Å²) in [4.78, 5) is 23.0. The maximum absolute atomic E-state index is 11.7. The van der Waals surface area contributed by atoms with Crippen molar-refractivity contribution < 1.29 is 24.2 Å². The number of phenolic OH excluding ortho intramolecular Hbond substituents is 1. The highest BCUT2D eigenvalue weighted by molar-refractivity contribution is 8.15. The summed E-state index contributed by atoms with van der Waals surface area (Å²) in [7, 11) is 0. The molecule has 2 aromatic carbocycles.